The number of hydrogen-bond acceptors (Lipinski definition) is 4. The molecule has 0 saturated heterocycles. The third-order valence-electron chi connectivity index (χ3n) is 6.04. The lowest BCUT2D eigenvalue weighted by Gasteiger charge is -2.33. The molecule has 3 aromatic carbocycles. The number of aryl methyl sites for hydroxylation is 2. The number of carbonyl (C=O) groups excluding carboxylic acids is 2. The fourth-order valence-electron chi connectivity index (χ4n) is 3.94. The molecule has 1 atom stereocenters. The van der Waals surface area contributed by atoms with Crippen LogP contribution < -0.4 is 9.62 Å². The Morgan fingerprint density at radius 2 is 1.42 bits per heavy atom. The van der Waals surface area contributed by atoms with E-state index in [0.29, 0.717) is 12.1 Å². The highest BCUT2D eigenvalue weighted by atomic mass is 32.2. The number of hydrogen-bond donors (Lipinski definition) is 1. The van der Waals surface area contributed by atoms with Crippen LogP contribution in [0.15, 0.2) is 83.8 Å². The van der Waals surface area contributed by atoms with Crippen LogP contribution in [0, 0.1) is 13.8 Å². The van der Waals surface area contributed by atoms with Crippen molar-refractivity contribution in [2.75, 3.05) is 17.9 Å². The predicted molar refractivity (Wildman–Crippen MR) is 142 cm³/mol. The van der Waals surface area contributed by atoms with Crippen molar-refractivity contribution in [3.8, 4) is 0 Å². The number of sulfonamides is 1. The summed E-state index contributed by atoms with van der Waals surface area (Å²) in [5.41, 5.74) is 3.27. The van der Waals surface area contributed by atoms with Gasteiger partial charge in [0.25, 0.3) is 10.0 Å². The summed E-state index contributed by atoms with van der Waals surface area (Å²) in [6.45, 7) is 5.44. The summed E-state index contributed by atoms with van der Waals surface area (Å²) in [6, 6.07) is 22.0. The number of likely N-dealkylation sites (N-methyl/N-ethyl adjacent to an activating group) is 1. The van der Waals surface area contributed by atoms with Crippen molar-refractivity contribution in [3.05, 3.63) is 95.6 Å². The van der Waals surface area contributed by atoms with Crippen LogP contribution in [0.1, 0.15) is 30.0 Å². The Labute approximate surface area is 213 Å². The Morgan fingerprint density at radius 1 is 0.861 bits per heavy atom. The van der Waals surface area contributed by atoms with Gasteiger partial charge in [-0.2, -0.15) is 0 Å². The minimum absolute atomic E-state index is 0.0850. The lowest BCUT2D eigenvalue weighted by Crippen LogP contribution is -2.51. The van der Waals surface area contributed by atoms with Gasteiger partial charge >= 0.3 is 0 Å². The van der Waals surface area contributed by atoms with Gasteiger partial charge in [0.1, 0.15) is 12.6 Å². The van der Waals surface area contributed by atoms with Gasteiger partial charge in [-0.25, -0.2) is 8.42 Å². The highest BCUT2D eigenvalue weighted by molar-refractivity contribution is 7.92. The molecule has 0 aromatic heterocycles. The summed E-state index contributed by atoms with van der Waals surface area (Å²) in [6.07, 6.45) is 0.382. The van der Waals surface area contributed by atoms with E-state index in [0.717, 1.165) is 21.0 Å². The summed E-state index contributed by atoms with van der Waals surface area (Å²) in [7, 11) is -2.52. The predicted octanol–water partition coefficient (Wildman–Crippen LogP) is 4.05. The third-order valence-corrected chi connectivity index (χ3v) is 7.83. The van der Waals surface area contributed by atoms with Crippen LogP contribution >= 0.6 is 0 Å². The Hall–Kier alpha value is -3.65. The molecule has 1 unspecified atom stereocenters. The summed E-state index contributed by atoms with van der Waals surface area (Å²) < 4.78 is 28.5. The molecule has 0 saturated carbocycles. The molecule has 0 heterocycles. The van der Waals surface area contributed by atoms with Gasteiger partial charge in [-0.15, -0.1) is 0 Å². The van der Waals surface area contributed by atoms with Crippen LogP contribution in [0.5, 0.6) is 0 Å². The van der Waals surface area contributed by atoms with E-state index < -0.39 is 28.5 Å². The van der Waals surface area contributed by atoms with Crippen molar-refractivity contribution >= 4 is 27.5 Å². The van der Waals surface area contributed by atoms with Crippen LogP contribution in [0.4, 0.5) is 5.69 Å². The molecule has 0 radical (unpaired) electrons. The molecule has 0 fully saturated rings. The number of benzene rings is 3. The maximum atomic E-state index is 13.8. The number of amides is 2. The molecule has 0 aliphatic rings. The summed E-state index contributed by atoms with van der Waals surface area (Å²) in [5.74, 6) is -0.767. The van der Waals surface area contributed by atoms with Gasteiger partial charge in [0, 0.05) is 13.6 Å². The first kappa shape index (κ1) is 26.9. The van der Waals surface area contributed by atoms with Gasteiger partial charge < -0.3 is 10.2 Å². The minimum Gasteiger partial charge on any atom is -0.357 e. The van der Waals surface area contributed by atoms with Crippen LogP contribution in [-0.2, 0) is 26.2 Å². The zero-order valence-electron chi connectivity index (χ0n) is 21.1. The van der Waals surface area contributed by atoms with E-state index in [-0.39, 0.29) is 17.3 Å². The minimum atomic E-state index is -4.05. The van der Waals surface area contributed by atoms with E-state index in [2.05, 4.69) is 5.32 Å². The number of nitrogens with one attached hydrogen (secondary N) is 1. The topological polar surface area (TPSA) is 86.8 Å². The van der Waals surface area contributed by atoms with Gasteiger partial charge in [0.2, 0.25) is 11.8 Å². The standard InChI is InChI=1S/C28H33N3O4S/c1-5-26(28(33)29-4)30(19-23-15-11-21(2)12-16-23)27(32)20-31(24-17-13-22(3)14-18-24)36(34,35)25-9-7-6-8-10-25/h6-18,26H,5,19-20H2,1-4H3,(H,29,33). The SMILES string of the molecule is CCC(C(=O)NC)N(Cc1ccc(C)cc1)C(=O)CN(c1ccc(C)cc1)S(=O)(=O)c1ccccc1. The Morgan fingerprint density at radius 3 is 1.94 bits per heavy atom. The molecule has 7 nitrogen and oxygen atoms in total. The zero-order chi connectivity index (χ0) is 26.3. The highest BCUT2D eigenvalue weighted by Gasteiger charge is 2.33. The van der Waals surface area contributed by atoms with Crippen molar-refractivity contribution < 1.29 is 18.0 Å². The number of anilines is 1. The van der Waals surface area contributed by atoms with Crippen molar-refractivity contribution in [1.82, 2.24) is 10.2 Å². The molecule has 3 aromatic rings. The van der Waals surface area contributed by atoms with Crippen molar-refractivity contribution in [3.63, 3.8) is 0 Å². The molecular weight excluding hydrogens is 474 g/mol. The first-order chi connectivity index (χ1) is 17.2. The maximum absolute atomic E-state index is 13.8. The van der Waals surface area contributed by atoms with Crippen LogP contribution in [0.25, 0.3) is 0 Å². The number of carbonyl (C=O) groups is 2. The first-order valence-corrected chi connectivity index (χ1v) is 13.3. The average Bonchev–Trinajstić information content (AvgIpc) is 2.89. The molecule has 36 heavy (non-hydrogen) atoms. The second kappa shape index (κ2) is 11.9. The summed E-state index contributed by atoms with van der Waals surface area (Å²) >= 11 is 0. The van der Waals surface area contributed by atoms with Crippen LogP contribution in [0.2, 0.25) is 0 Å². The lowest BCUT2D eigenvalue weighted by atomic mass is 10.1. The van der Waals surface area contributed by atoms with E-state index in [1.807, 2.05) is 45.0 Å². The van der Waals surface area contributed by atoms with Gasteiger partial charge in [0.15, 0.2) is 0 Å². The smallest absolute Gasteiger partial charge is 0.264 e. The Balaban J connectivity index is 2.03. The summed E-state index contributed by atoms with van der Waals surface area (Å²) in [5, 5.41) is 2.63. The van der Waals surface area contributed by atoms with Gasteiger partial charge in [-0.05, 0) is 50.1 Å². The fraction of sp³-hybridized carbons (Fsp3) is 0.286. The molecule has 0 bridgehead atoms. The maximum Gasteiger partial charge on any atom is 0.264 e. The van der Waals surface area contributed by atoms with Crippen molar-refractivity contribution in [2.45, 2.75) is 44.7 Å². The molecule has 3 rings (SSSR count). The molecular formula is C28H33N3O4S. The van der Waals surface area contributed by atoms with E-state index in [1.165, 1.54) is 24.1 Å². The quantitative estimate of drug-likeness (QED) is 0.449. The second-order valence-electron chi connectivity index (χ2n) is 8.71. The number of nitrogens with zero attached hydrogens (tertiary/aromatic N) is 2. The third kappa shape index (κ3) is 6.31. The van der Waals surface area contributed by atoms with E-state index in [9.17, 15) is 18.0 Å². The molecule has 2 amide bonds. The Bertz CT molecular complexity index is 1270. The molecule has 8 heteroatoms. The zero-order valence-corrected chi connectivity index (χ0v) is 22.0. The van der Waals surface area contributed by atoms with E-state index >= 15 is 0 Å². The van der Waals surface area contributed by atoms with Gasteiger partial charge in [-0.1, -0.05) is 72.6 Å². The van der Waals surface area contributed by atoms with Crippen molar-refractivity contribution in [1.29, 1.82) is 0 Å². The van der Waals surface area contributed by atoms with Crippen LogP contribution in [-0.4, -0.2) is 44.8 Å². The van der Waals surface area contributed by atoms with Crippen LogP contribution in [0.3, 0.4) is 0 Å². The molecule has 0 aliphatic carbocycles. The van der Waals surface area contributed by atoms with E-state index in [4.69, 9.17) is 0 Å². The Kier molecular flexibility index (Phi) is 8.88. The summed E-state index contributed by atoms with van der Waals surface area (Å²) in [4.78, 5) is 28.1. The van der Waals surface area contributed by atoms with Crippen molar-refractivity contribution in [2.24, 2.45) is 0 Å². The largest absolute Gasteiger partial charge is 0.357 e. The highest BCUT2D eigenvalue weighted by Crippen LogP contribution is 2.25. The van der Waals surface area contributed by atoms with Gasteiger partial charge in [-0.3, -0.25) is 13.9 Å². The molecule has 0 spiro atoms. The molecule has 190 valence electrons. The monoisotopic (exact) mass is 507 g/mol. The van der Waals surface area contributed by atoms with E-state index in [1.54, 1.807) is 42.5 Å². The fourth-order valence-corrected chi connectivity index (χ4v) is 5.37. The molecule has 1 N–H and O–H groups in total. The normalized spacial score (nSPS) is 12.0. The second-order valence-corrected chi connectivity index (χ2v) is 10.6. The van der Waals surface area contributed by atoms with Gasteiger partial charge in [0.05, 0.1) is 10.6 Å². The lowest BCUT2D eigenvalue weighted by molar-refractivity contribution is -0.140. The first-order valence-electron chi connectivity index (χ1n) is 11.9. The average molecular weight is 508 g/mol. The number of rotatable bonds is 10. The molecule has 0 aliphatic heterocycles.